The average molecular weight is 364 g/mol. The maximum absolute atomic E-state index is 13.1. The number of nitrogens with one attached hydrogen (secondary N) is 2. The maximum Gasteiger partial charge on any atom is 0.291 e. The molecule has 0 radical (unpaired) electrons. The van der Waals surface area contributed by atoms with Gasteiger partial charge in [-0.25, -0.2) is 14.1 Å². The van der Waals surface area contributed by atoms with Gasteiger partial charge in [0.15, 0.2) is 11.2 Å². The van der Waals surface area contributed by atoms with E-state index < -0.39 is 11.5 Å². The summed E-state index contributed by atoms with van der Waals surface area (Å²) in [4.78, 5) is 31.2. The quantitative estimate of drug-likeness (QED) is 0.576. The van der Waals surface area contributed by atoms with Gasteiger partial charge in [0.1, 0.15) is 5.82 Å². The highest BCUT2D eigenvalue weighted by atomic mass is 19.1. The Bertz CT molecular complexity index is 1170. The van der Waals surface area contributed by atoms with Crippen molar-refractivity contribution in [3.05, 3.63) is 82.2 Å². The third kappa shape index (κ3) is 3.43. The predicted molar refractivity (Wildman–Crippen MR) is 95.8 cm³/mol. The van der Waals surface area contributed by atoms with E-state index in [9.17, 15) is 14.0 Å². The molecule has 1 amide bonds. The Labute approximate surface area is 151 Å². The lowest BCUT2D eigenvalue weighted by atomic mass is 10.2. The Morgan fingerprint density at radius 2 is 1.85 bits per heavy atom. The van der Waals surface area contributed by atoms with Gasteiger partial charge in [-0.2, -0.15) is 0 Å². The number of anilines is 1. The van der Waals surface area contributed by atoms with E-state index in [-0.39, 0.29) is 29.4 Å². The van der Waals surface area contributed by atoms with Gasteiger partial charge in [-0.1, -0.05) is 35.5 Å². The molecule has 0 saturated heterocycles. The number of amides is 1. The Morgan fingerprint density at radius 1 is 1.11 bits per heavy atom. The van der Waals surface area contributed by atoms with Crippen LogP contribution in [-0.4, -0.2) is 30.9 Å². The number of hydrogen-bond donors (Lipinski definition) is 2. The van der Waals surface area contributed by atoms with Crippen molar-refractivity contribution in [2.75, 3.05) is 5.32 Å². The second kappa shape index (κ2) is 6.79. The van der Waals surface area contributed by atoms with E-state index in [1.165, 1.54) is 16.8 Å². The van der Waals surface area contributed by atoms with Gasteiger partial charge in [-0.15, -0.1) is 5.10 Å². The molecule has 2 aromatic carbocycles. The van der Waals surface area contributed by atoms with E-state index in [0.717, 1.165) is 5.56 Å². The highest BCUT2D eigenvalue weighted by Crippen LogP contribution is 2.10. The van der Waals surface area contributed by atoms with Crippen LogP contribution >= 0.6 is 0 Å². The fourth-order valence-corrected chi connectivity index (χ4v) is 2.55. The molecule has 0 aliphatic carbocycles. The summed E-state index contributed by atoms with van der Waals surface area (Å²) < 4.78 is 14.4. The van der Waals surface area contributed by atoms with Crippen molar-refractivity contribution in [2.24, 2.45) is 0 Å². The molecule has 0 saturated carbocycles. The fraction of sp³-hybridized carbons (Fsp3) is 0.0556. The van der Waals surface area contributed by atoms with E-state index in [1.54, 1.807) is 36.4 Å². The number of carbonyl (C=O) groups is 1. The third-order valence-electron chi connectivity index (χ3n) is 3.87. The van der Waals surface area contributed by atoms with Crippen molar-refractivity contribution >= 4 is 22.8 Å². The first kappa shape index (κ1) is 16.6. The molecule has 2 N–H and O–H groups in total. The standard InChI is InChI=1S/C18H13FN6O2/c19-12-8-6-11(7-9-12)10-25-16-14(23-24-25)17(26)22-15(21-16)18(27)20-13-4-2-1-3-5-13/h1-9H,10H2,(H,20,27)(H,21,22,26). The number of nitrogens with zero attached hydrogens (tertiary/aromatic N) is 4. The highest BCUT2D eigenvalue weighted by Gasteiger charge is 2.16. The second-order valence-corrected chi connectivity index (χ2v) is 5.78. The van der Waals surface area contributed by atoms with Crippen molar-refractivity contribution in [1.29, 1.82) is 0 Å². The number of rotatable bonds is 4. The van der Waals surface area contributed by atoms with Crippen LogP contribution < -0.4 is 10.9 Å². The lowest BCUT2D eigenvalue weighted by Crippen LogP contribution is -2.21. The summed E-state index contributed by atoms with van der Waals surface area (Å²) in [7, 11) is 0. The molecule has 0 fully saturated rings. The van der Waals surface area contributed by atoms with Gasteiger partial charge < -0.3 is 10.3 Å². The first-order valence-corrected chi connectivity index (χ1v) is 8.04. The largest absolute Gasteiger partial charge is 0.319 e. The zero-order valence-corrected chi connectivity index (χ0v) is 13.9. The number of aromatic amines is 1. The van der Waals surface area contributed by atoms with Crippen molar-refractivity contribution < 1.29 is 9.18 Å². The van der Waals surface area contributed by atoms with E-state index in [2.05, 4.69) is 25.6 Å². The molecule has 0 unspecified atom stereocenters. The van der Waals surface area contributed by atoms with Crippen LogP contribution in [-0.2, 0) is 6.54 Å². The molecule has 0 spiro atoms. The summed E-state index contributed by atoms with van der Waals surface area (Å²) in [6, 6.07) is 14.7. The lowest BCUT2D eigenvalue weighted by Gasteiger charge is -2.05. The molecule has 27 heavy (non-hydrogen) atoms. The van der Waals surface area contributed by atoms with Crippen LogP contribution in [0.1, 0.15) is 16.2 Å². The molecule has 0 aliphatic heterocycles. The molecule has 8 nitrogen and oxygen atoms in total. The summed E-state index contributed by atoms with van der Waals surface area (Å²) >= 11 is 0. The monoisotopic (exact) mass is 364 g/mol. The molecular formula is C18H13FN6O2. The SMILES string of the molecule is O=C(Nc1ccccc1)c1nc2c(nnn2Cc2ccc(F)cc2)c(=O)[nH]1. The van der Waals surface area contributed by atoms with E-state index in [1.807, 2.05) is 6.07 Å². The summed E-state index contributed by atoms with van der Waals surface area (Å²) in [5, 5.41) is 10.4. The Kier molecular flexibility index (Phi) is 4.17. The molecule has 134 valence electrons. The molecular weight excluding hydrogens is 351 g/mol. The number of aromatic nitrogens is 5. The summed E-state index contributed by atoms with van der Waals surface area (Å²) in [5.41, 5.74) is 0.946. The van der Waals surface area contributed by atoms with Gasteiger partial charge in [-0.3, -0.25) is 9.59 Å². The number of carbonyl (C=O) groups excluding carboxylic acids is 1. The maximum atomic E-state index is 13.1. The first-order chi connectivity index (χ1) is 13.1. The normalized spacial score (nSPS) is 10.9. The molecule has 0 atom stereocenters. The summed E-state index contributed by atoms with van der Waals surface area (Å²) in [6.45, 7) is 0.229. The van der Waals surface area contributed by atoms with Gasteiger partial charge in [0.2, 0.25) is 5.82 Å². The minimum absolute atomic E-state index is 0.0216. The molecule has 2 heterocycles. The summed E-state index contributed by atoms with van der Waals surface area (Å²) in [5.74, 6) is -1.06. The van der Waals surface area contributed by atoms with Crippen LogP contribution in [0.15, 0.2) is 59.4 Å². The first-order valence-electron chi connectivity index (χ1n) is 8.04. The predicted octanol–water partition coefficient (Wildman–Crippen LogP) is 1.95. The van der Waals surface area contributed by atoms with Gasteiger partial charge >= 0.3 is 0 Å². The molecule has 2 aromatic heterocycles. The van der Waals surface area contributed by atoms with Gasteiger partial charge in [0, 0.05) is 5.69 Å². The van der Waals surface area contributed by atoms with Crippen LogP contribution in [0.5, 0.6) is 0 Å². The summed E-state index contributed by atoms with van der Waals surface area (Å²) in [6.07, 6.45) is 0. The van der Waals surface area contributed by atoms with Gasteiger partial charge in [-0.05, 0) is 29.8 Å². The van der Waals surface area contributed by atoms with E-state index >= 15 is 0 Å². The number of H-pyrrole nitrogens is 1. The topological polar surface area (TPSA) is 106 Å². The number of fused-ring (bicyclic) bond motifs is 1. The Balaban J connectivity index is 1.68. The number of benzene rings is 2. The molecule has 0 aliphatic rings. The average Bonchev–Trinajstić information content (AvgIpc) is 3.08. The van der Waals surface area contributed by atoms with Crippen LogP contribution in [0.25, 0.3) is 11.2 Å². The van der Waals surface area contributed by atoms with Gasteiger partial charge in [0.05, 0.1) is 6.54 Å². The van der Waals surface area contributed by atoms with Crippen LogP contribution in [0, 0.1) is 5.82 Å². The highest BCUT2D eigenvalue weighted by molar-refractivity contribution is 6.02. The fourth-order valence-electron chi connectivity index (χ4n) is 2.55. The van der Waals surface area contributed by atoms with Crippen molar-refractivity contribution in [3.63, 3.8) is 0 Å². The molecule has 0 bridgehead atoms. The van der Waals surface area contributed by atoms with Gasteiger partial charge in [0.25, 0.3) is 11.5 Å². The van der Waals surface area contributed by atoms with Crippen LogP contribution in [0.2, 0.25) is 0 Å². The van der Waals surface area contributed by atoms with E-state index in [4.69, 9.17) is 0 Å². The minimum atomic E-state index is -0.566. The number of halogens is 1. The molecule has 4 rings (SSSR count). The molecule has 4 aromatic rings. The smallest absolute Gasteiger partial charge is 0.291 e. The Hall–Kier alpha value is -3.88. The number of para-hydroxylation sites is 1. The zero-order chi connectivity index (χ0) is 18.8. The second-order valence-electron chi connectivity index (χ2n) is 5.78. The van der Waals surface area contributed by atoms with Crippen molar-refractivity contribution in [3.8, 4) is 0 Å². The van der Waals surface area contributed by atoms with Crippen LogP contribution in [0.4, 0.5) is 10.1 Å². The van der Waals surface area contributed by atoms with Crippen molar-refractivity contribution in [2.45, 2.75) is 6.54 Å². The van der Waals surface area contributed by atoms with Crippen LogP contribution in [0.3, 0.4) is 0 Å². The van der Waals surface area contributed by atoms with Crippen molar-refractivity contribution in [1.82, 2.24) is 25.0 Å². The zero-order valence-electron chi connectivity index (χ0n) is 13.9. The molecule has 9 heteroatoms. The minimum Gasteiger partial charge on any atom is -0.319 e. The lowest BCUT2D eigenvalue weighted by molar-refractivity contribution is 0.101. The third-order valence-corrected chi connectivity index (χ3v) is 3.87. The van der Waals surface area contributed by atoms with E-state index in [0.29, 0.717) is 5.69 Å². The Morgan fingerprint density at radius 3 is 2.59 bits per heavy atom. The number of hydrogen-bond acceptors (Lipinski definition) is 5.